The van der Waals surface area contributed by atoms with Gasteiger partial charge in [-0.1, -0.05) is 0 Å². The van der Waals surface area contributed by atoms with Crippen LogP contribution >= 0.6 is 0 Å². The summed E-state index contributed by atoms with van der Waals surface area (Å²) in [5, 5.41) is 18.4. The molecule has 1 amide bonds. The van der Waals surface area contributed by atoms with Crippen LogP contribution in [0.4, 0.5) is 22.7 Å². The van der Waals surface area contributed by atoms with Crippen molar-refractivity contribution in [3.63, 3.8) is 0 Å². The van der Waals surface area contributed by atoms with E-state index in [9.17, 15) is 19.8 Å². The fourth-order valence-corrected chi connectivity index (χ4v) is 1.32. The van der Waals surface area contributed by atoms with Crippen LogP contribution in [0.3, 0.4) is 0 Å². The van der Waals surface area contributed by atoms with Crippen LogP contribution in [0.1, 0.15) is 0 Å². The molecule has 0 unspecified atom stereocenters. The number of nitro groups is 1. The van der Waals surface area contributed by atoms with Crippen molar-refractivity contribution in [2.24, 2.45) is 5.18 Å². The maximum Gasteiger partial charge on any atom is 0.300 e. The molecule has 0 radical (unpaired) electrons. The molecule has 9 heteroatoms. The minimum Gasteiger partial charge on any atom is -0.395 e. The predicted octanol–water partition coefficient (Wildman–Crippen LogP) is 0.733. The summed E-state index contributed by atoms with van der Waals surface area (Å²) in [4.78, 5) is 30.5. The third-order valence-electron chi connectivity index (χ3n) is 2.15. The second-order valence-electron chi connectivity index (χ2n) is 3.24. The van der Waals surface area contributed by atoms with E-state index in [0.29, 0.717) is 25.2 Å². The third kappa shape index (κ3) is 2.90. The lowest BCUT2D eigenvalue weighted by molar-refractivity contribution is -0.384. The van der Waals surface area contributed by atoms with E-state index in [1.807, 2.05) is 0 Å². The molecule has 0 aliphatic rings. The number of carbonyl (C=O) groups is 1. The standard InChI is InChI=1S/C9H11N5O4/c10-8-6(12-4-3-11-5-15)1-2-7(14(17)18)9(8)13-16/h1-2,5,12H,3-4,10H2,(H,11,15). The van der Waals surface area contributed by atoms with Gasteiger partial charge in [-0.3, -0.25) is 14.9 Å². The molecule has 0 aromatic heterocycles. The molecule has 1 aromatic rings. The molecular weight excluding hydrogens is 242 g/mol. The minimum absolute atomic E-state index is 0.0923. The highest BCUT2D eigenvalue weighted by atomic mass is 16.6. The molecule has 0 bridgehead atoms. The zero-order chi connectivity index (χ0) is 13.5. The number of amides is 1. The SMILES string of the molecule is Nc1c(NCCNC=O)ccc([N+](=O)[O-])c1N=O. The van der Waals surface area contributed by atoms with E-state index in [1.54, 1.807) is 0 Å². The Morgan fingerprint density at radius 3 is 2.72 bits per heavy atom. The largest absolute Gasteiger partial charge is 0.395 e. The van der Waals surface area contributed by atoms with Gasteiger partial charge in [-0.15, -0.1) is 4.91 Å². The number of nitrogens with two attached hydrogens (primary N) is 1. The number of hydrogen-bond acceptors (Lipinski definition) is 7. The van der Waals surface area contributed by atoms with Crippen LogP contribution in [0.25, 0.3) is 0 Å². The molecule has 1 rings (SSSR count). The minimum atomic E-state index is -0.731. The first-order chi connectivity index (χ1) is 8.61. The smallest absolute Gasteiger partial charge is 0.300 e. The molecule has 0 aliphatic heterocycles. The van der Waals surface area contributed by atoms with Crippen LogP contribution < -0.4 is 16.4 Å². The van der Waals surface area contributed by atoms with Crippen LogP contribution in [0, 0.1) is 15.0 Å². The Balaban J connectivity index is 2.91. The fraction of sp³-hybridized carbons (Fsp3) is 0.222. The molecule has 0 saturated heterocycles. The topological polar surface area (TPSA) is 140 Å². The Hall–Kier alpha value is -2.71. The zero-order valence-corrected chi connectivity index (χ0v) is 9.25. The average molecular weight is 253 g/mol. The first kappa shape index (κ1) is 13.4. The molecule has 0 fully saturated rings. The summed E-state index contributed by atoms with van der Waals surface area (Å²) in [6.07, 6.45) is 0.541. The van der Waals surface area contributed by atoms with Crippen molar-refractivity contribution in [1.82, 2.24) is 5.32 Å². The van der Waals surface area contributed by atoms with Crippen LogP contribution in [-0.2, 0) is 4.79 Å². The summed E-state index contributed by atoms with van der Waals surface area (Å²) >= 11 is 0. The lowest BCUT2D eigenvalue weighted by Gasteiger charge is -2.09. The maximum atomic E-state index is 10.6. The highest BCUT2D eigenvalue weighted by Crippen LogP contribution is 2.38. The molecule has 0 heterocycles. The van der Waals surface area contributed by atoms with Crippen molar-refractivity contribution >= 4 is 29.2 Å². The van der Waals surface area contributed by atoms with Crippen LogP contribution in [0.2, 0.25) is 0 Å². The Bertz CT molecular complexity index is 476. The summed E-state index contributed by atoms with van der Waals surface area (Å²) in [6.45, 7) is 0.711. The van der Waals surface area contributed by atoms with Crippen LogP contribution in [0.15, 0.2) is 17.3 Å². The maximum absolute atomic E-state index is 10.6. The number of benzene rings is 1. The van der Waals surface area contributed by atoms with Crippen molar-refractivity contribution in [3.05, 3.63) is 27.2 Å². The molecule has 0 spiro atoms. The molecule has 0 saturated carbocycles. The van der Waals surface area contributed by atoms with Gasteiger partial charge in [-0.05, 0) is 11.2 Å². The Morgan fingerprint density at radius 1 is 1.44 bits per heavy atom. The van der Waals surface area contributed by atoms with Crippen molar-refractivity contribution < 1.29 is 9.72 Å². The molecule has 18 heavy (non-hydrogen) atoms. The summed E-state index contributed by atoms with van der Waals surface area (Å²) in [7, 11) is 0. The Morgan fingerprint density at radius 2 is 2.17 bits per heavy atom. The predicted molar refractivity (Wildman–Crippen MR) is 65.5 cm³/mol. The second-order valence-corrected chi connectivity index (χ2v) is 3.24. The van der Waals surface area contributed by atoms with Crippen molar-refractivity contribution in [2.75, 3.05) is 24.1 Å². The number of nitrogen functional groups attached to an aromatic ring is 1. The monoisotopic (exact) mass is 253 g/mol. The Labute approximate surface area is 101 Å². The number of hydrogen-bond donors (Lipinski definition) is 3. The molecular formula is C9H11N5O4. The van der Waals surface area contributed by atoms with Gasteiger partial charge in [0.25, 0.3) is 0 Å². The normalized spacial score (nSPS) is 9.56. The van der Waals surface area contributed by atoms with Gasteiger partial charge in [0.15, 0.2) is 0 Å². The zero-order valence-electron chi connectivity index (χ0n) is 9.25. The molecule has 1 aromatic carbocycles. The number of anilines is 2. The van der Waals surface area contributed by atoms with E-state index in [0.717, 1.165) is 6.07 Å². The first-order valence-corrected chi connectivity index (χ1v) is 4.93. The number of rotatable bonds is 7. The third-order valence-corrected chi connectivity index (χ3v) is 2.15. The number of nitrogens with one attached hydrogen (secondary N) is 2. The van der Waals surface area contributed by atoms with E-state index in [-0.39, 0.29) is 5.69 Å². The van der Waals surface area contributed by atoms with Gasteiger partial charge in [0.05, 0.1) is 16.3 Å². The van der Waals surface area contributed by atoms with Crippen molar-refractivity contribution in [1.29, 1.82) is 0 Å². The molecule has 0 atom stereocenters. The summed E-state index contributed by atoms with van der Waals surface area (Å²) in [5.74, 6) is 0. The molecule has 96 valence electrons. The van der Waals surface area contributed by atoms with Gasteiger partial charge < -0.3 is 16.4 Å². The highest BCUT2D eigenvalue weighted by Gasteiger charge is 2.19. The second kappa shape index (κ2) is 6.13. The lowest BCUT2D eigenvalue weighted by Crippen LogP contribution is -2.20. The Kier molecular flexibility index (Phi) is 4.55. The average Bonchev–Trinajstić information content (AvgIpc) is 2.35. The van der Waals surface area contributed by atoms with Gasteiger partial charge in [0.1, 0.15) is 0 Å². The van der Waals surface area contributed by atoms with E-state index in [4.69, 9.17) is 5.73 Å². The summed E-state index contributed by atoms with van der Waals surface area (Å²) in [6, 6.07) is 2.52. The fourth-order valence-electron chi connectivity index (χ4n) is 1.32. The molecule has 0 aliphatic carbocycles. The molecule has 4 N–H and O–H groups in total. The summed E-state index contributed by atoms with van der Waals surface area (Å²) in [5.41, 5.74) is 5.00. The van der Waals surface area contributed by atoms with Crippen molar-refractivity contribution in [3.8, 4) is 0 Å². The van der Waals surface area contributed by atoms with Gasteiger partial charge in [-0.25, -0.2) is 0 Å². The van der Waals surface area contributed by atoms with Gasteiger partial charge in [-0.2, -0.15) is 0 Å². The number of nitroso groups, excluding NO2 is 1. The quantitative estimate of drug-likeness (QED) is 0.163. The van der Waals surface area contributed by atoms with Crippen molar-refractivity contribution in [2.45, 2.75) is 0 Å². The van der Waals surface area contributed by atoms with Gasteiger partial charge in [0.2, 0.25) is 12.1 Å². The lowest BCUT2D eigenvalue weighted by atomic mass is 10.2. The number of nitrogens with zero attached hydrogens (tertiary/aromatic N) is 2. The van der Waals surface area contributed by atoms with Crippen LogP contribution in [-0.4, -0.2) is 24.4 Å². The van der Waals surface area contributed by atoms with Gasteiger partial charge >= 0.3 is 5.69 Å². The first-order valence-electron chi connectivity index (χ1n) is 4.93. The highest BCUT2D eigenvalue weighted by molar-refractivity contribution is 5.84. The van der Waals surface area contributed by atoms with Crippen LogP contribution in [0.5, 0.6) is 0 Å². The number of carbonyl (C=O) groups excluding carboxylic acids is 1. The van der Waals surface area contributed by atoms with Gasteiger partial charge in [0, 0.05) is 19.2 Å². The van der Waals surface area contributed by atoms with E-state index < -0.39 is 16.3 Å². The van der Waals surface area contributed by atoms with E-state index in [1.165, 1.54) is 6.07 Å². The van der Waals surface area contributed by atoms with E-state index >= 15 is 0 Å². The summed E-state index contributed by atoms with van der Waals surface area (Å²) < 4.78 is 0. The van der Waals surface area contributed by atoms with E-state index in [2.05, 4.69) is 15.8 Å². The number of nitro benzene ring substituents is 1. The molecule has 9 nitrogen and oxygen atoms in total.